The van der Waals surface area contributed by atoms with Crippen LogP contribution in [-0.4, -0.2) is 151 Å². The number of carbonyl (C=O) groups excluding carboxylic acids is 8. The molecule has 7 amide bonds. The Morgan fingerprint density at radius 3 is 1.92 bits per heavy atom. The molecule has 23 nitrogen and oxygen atoms in total. The van der Waals surface area contributed by atoms with Gasteiger partial charge in [0.2, 0.25) is 41.4 Å². The molecule has 546 valence electrons. The van der Waals surface area contributed by atoms with Crippen molar-refractivity contribution in [3.05, 3.63) is 88.1 Å². The van der Waals surface area contributed by atoms with Crippen molar-refractivity contribution in [1.82, 2.24) is 41.8 Å². The third kappa shape index (κ3) is 23.3. The molecule has 3 heterocycles. The summed E-state index contributed by atoms with van der Waals surface area (Å²) < 4.78 is 12.8. The lowest BCUT2D eigenvalue weighted by Gasteiger charge is -2.38. The van der Waals surface area contributed by atoms with Crippen LogP contribution in [0, 0.1) is 50.4 Å². The number of ether oxygens (including phenoxy) is 2. The SMILES string of the molecule is Cc1c(C)c2c(c(C)c1OC(=O)CCC(=O)N[C@@H](CC(C)C)C(=O)N[C@H](C(=O)N[C@H](C(=O)N[C@@H](CO)C(=O)N1CCC[C@H]1C(=O)N[C@@H](Cc1c[nH]c3ccccc13)C(=O)N[C@@H](Cc1ccc(O)cc1)C(=O)O)C(C)C)[C@@H](C)O)CCC(C)(CCCC(C)CCCC(C)CCCC(C)C)O2. The number of aliphatic hydroxyl groups is 2. The average molecular weight is 1380 g/mol. The zero-order valence-electron chi connectivity index (χ0n) is 60.6. The van der Waals surface area contributed by atoms with Crippen LogP contribution in [0.15, 0.2) is 54.7 Å². The standard InChI is InChI=1S/C76H112N8O15/c1-43(2)20-16-21-46(7)22-17-23-47(8)24-18-35-76(13)36-34-55-50(11)67(48(9)49(10)68(55)99-76)98-64(89)33-32-63(88)78-58(38-44(3)4)70(91)83-66(51(12)86)73(94)82-65(45(5)6)72(93)81-61(42-85)74(95)84-37-19-27-62(84)71(92)79-59(40-53-41-77-57-26-15-14-25-56(53)57)69(90)80-60(75(96)97)39-52-28-30-54(87)31-29-52/h14-15,25-26,28-31,41,43-47,51,58-62,65-66,77,85-87H,16-24,27,32-40,42H2,1-13H3,(H,78,88)(H,79,92)(H,80,90)(H,81,93)(H,82,94)(H,83,91)(H,96,97)/t46?,47?,51-,58+,59+,60+,61+,62+,65+,66+,76?/m1/s1. The number of aliphatic hydroxyl groups excluding tert-OH is 2. The number of para-hydroxylation sites is 1. The first kappa shape index (κ1) is 79.9. The van der Waals surface area contributed by atoms with E-state index < -0.39 is 114 Å². The molecule has 2 aliphatic rings. The van der Waals surface area contributed by atoms with E-state index in [1.165, 1.54) is 74.6 Å². The highest BCUT2D eigenvalue weighted by Crippen LogP contribution is 2.45. The Bertz CT molecular complexity index is 3420. The van der Waals surface area contributed by atoms with Gasteiger partial charge in [0, 0.05) is 48.5 Å². The second-order valence-corrected chi connectivity index (χ2v) is 29.4. The smallest absolute Gasteiger partial charge is 0.326 e. The normalized spacial score (nSPS) is 18.0. The van der Waals surface area contributed by atoms with Crippen molar-refractivity contribution in [1.29, 1.82) is 0 Å². The number of carboxylic acid groups (broad SMARTS) is 1. The third-order valence-electron chi connectivity index (χ3n) is 19.6. The molecular formula is C76H112N8O15. The molecule has 11 N–H and O–H groups in total. The number of fused-ring (bicyclic) bond motifs is 2. The van der Waals surface area contributed by atoms with Gasteiger partial charge in [-0.05, 0) is 155 Å². The number of rotatable bonds is 38. The fourth-order valence-electron chi connectivity index (χ4n) is 13.5. The van der Waals surface area contributed by atoms with Crippen LogP contribution < -0.4 is 41.4 Å². The number of H-pyrrole nitrogens is 1. The summed E-state index contributed by atoms with van der Waals surface area (Å²) in [6.07, 6.45) is 12.3. The predicted molar refractivity (Wildman–Crippen MR) is 378 cm³/mol. The van der Waals surface area contributed by atoms with E-state index in [9.17, 15) is 63.6 Å². The predicted octanol–water partition coefficient (Wildman–Crippen LogP) is 8.55. The molecule has 2 aliphatic heterocycles. The highest BCUT2D eigenvalue weighted by molar-refractivity contribution is 5.98. The number of hydrogen-bond donors (Lipinski definition) is 11. The number of carbonyl (C=O) groups is 9. The number of amides is 7. The van der Waals surface area contributed by atoms with E-state index in [0.717, 1.165) is 82.8 Å². The molecule has 0 radical (unpaired) electrons. The van der Waals surface area contributed by atoms with Gasteiger partial charge in [0.15, 0.2) is 0 Å². The number of phenolic OH excluding ortho intramolecular Hbond substituents is 1. The molecule has 1 saturated heterocycles. The van der Waals surface area contributed by atoms with Crippen LogP contribution in [0.2, 0.25) is 0 Å². The van der Waals surface area contributed by atoms with Crippen molar-refractivity contribution in [2.75, 3.05) is 13.2 Å². The van der Waals surface area contributed by atoms with Gasteiger partial charge in [-0.1, -0.05) is 131 Å². The summed E-state index contributed by atoms with van der Waals surface area (Å²) in [6, 6.07) is 3.14. The lowest BCUT2D eigenvalue weighted by molar-refractivity contribution is -0.144. The van der Waals surface area contributed by atoms with Crippen molar-refractivity contribution in [3.8, 4) is 17.2 Å². The maximum absolute atomic E-state index is 14.3. The lowest BCUT2D eigenvalue weighted by atomic mass is 9.83. The Balaban J connectivity index is 1.02. The summed E-state index contributed by atoms with van der Waals surface area (Å²) in [5.41, 5.74) is 5.02. The molecule has 1 aromatic heterocycles. The summed E-state index contributed by atoms with van der Waals surface area (Å²) in [5.74, 6) is -5.21. The van der Waals surface area contributed by atoms with E-state index in [-0.39, 0.29) is 62.3 Å². The van der Waals surface area contributed by atoms with E-state index in [2.05, 4.69) is 71.5 Å². The Morgan fingerprint density at radius 1 is 0.677 bits per heavy atom. The average Bonchev–Trinajstić information content (AvgIpc) is 1.41. The summed E-state index contributed by atoms with van der Waals surface area (Å²) >= 11 is 0. The summed E-state index contributed by atoms with van der Waals surface area (Å²) in [6.45, 7) is 24.5. The number of hydrogen-bond acceptors (Lipinski definition) is 14. The second kappa shape index (κ2) is 37.4. The minimum atomic E-state index is -1.67. The Kier molecular flexibility index (Phi) is 30.2. The lowest BCUT2D eigenvalue weighted by Crippen LogP contribution is -2.62. The molecule has 0 aliphatic carbocycles. The van der Waals surface area contributed by atoms with Gasteiger partial charge >= 0.3 is 11.9 Å². The number of likely N-dealkylation sites (tertiary alicyclic amines) is 1. The van der Waals surface area contributed by atoms with Crippen LogP contribution in [0.4, 0.5) is 0 Å². The van der Waals surface area contributed by atoms with E-state index in [0.29, 0.717) is 29.2 Å². The number of aromatic amines is 1. The van der Waals surface area contributed by atoms with E-state index in [1.54, 1.807) is 26.1 Å². The number of phenols is 1. The van der Waals surface area contributed by atoms with Crippen LogP contribution in [-0.2, 0) is 62.4 Å². The summed E-state index contributed by atoms with van der Waals surface area (Å²) in [5, 5.41) is 57.8. The fourth-order valence-corrected chi connectivity index (χ4v) is 13.5. The van der Waals surface area contributed by atoms with Gasteiger partial charge in [-0.15, -0.1) is 0 Å². The van der Waals surface area contributed by atoms with Crippen LogP contribution >= 0.6 is 0 Å². The molecule has 23 heteroatoms. The van der Waals surface area contributed by atoms with Gasteiger partial charge in [-0.25, -0.2) is 4.79 Å². The minimum Gasteiger partial charge on any atom is -0.508 e. The topological polar surface area (TPSA) is 344 Å². The van der Waals surface area contributed by atoms with Crippen molar-refractivity contribution in [3.63, 3.8) is 0 Å². The largest absolute Gasteiger partial charge is 0.508 e. The van der Waals surface area contributed by atoms with Crippen molar-refractivity contribution in [2.45, 2.75) is 260 Å². The molecule has 0 saturated carbocycles. The van der Waals surface area contributed by atoms with Gasteiger partial charge in [-0.2, -0.15) is 0 Å². The Labute approximate surface area is 584 Å². The first-order valence-electron chi connectivity index (χ1n) is 35.8. The second-order valence-electron chi connectivity index (χ2n) is 29.4. The van der Waals surface area contributed by atoms with Crippen LogP contribution in [0.1, 0.15) is 199 Å². The fraction of sp³-hybridized carbons (Fsp3) is 0.618. The number of carboxylic acids is 1. The van der Waals surface area contributed by atoms with Crippen LogP contribution in [0.25, 0.3) is 10.9 Å². The van der Waals surface area contributed by atoms with E-state index in [4.69, 9.17) is 9.47 Å². The number of benzene rings is 3. The van der Waals surface area contributed by atoms with Crippen molar-refractivity contribution in [2.24, 2.45) is 29.6 Å². The van der Waals surface area contributed by atoms with Gasteiger partial charge in [-0.3, -0.25) is 38.4 Å². The van der Waals surface area contributed by atoms with Crippen LogP contribution in [0.5, 0.6) is 17.2 Å². The van der Waals surface area contributed by atoms with Gasteiger partial charge in [0.05, 0.1) is 19.1 Å². The quantitative estimate of drug-likeness (QED) is 0.0148. The molecular weight excluding hydrogens is 1260 g/mol. The molecule has 99 heavy (non-hydrogen) atoms. The summed E-state index contributed by atoms with van der Waals surface area (Å²) in [7, 11) is 0. The molecule has 3 unspecified atom stereocenters. The highest BCUT2D eigenvalue weighted by atomic mass is 16.5. The third-order valence-corrected chi connectivity index (χ3v) is 19.6. The number of aromatic nitrogens is 1. The molecule has 0 bridgehead atoms. The monoisotopic (exact) mass is 1380 g/mol. The number of esters is 1. The molecule has 6 rings (SSSR count). The van der Waals surface area contributed by atoms with E-state index in [1.807, 2.05) is 52.8 Å². The molecule has 1 fully saturated rings. The Hall–Kier alpha value is -8.05. The number of aliphatic carboxylic acids is 1. The van der Waals surface area contributed by atoms with Gasteiger partial charge in [0.1, 0.15) is 65.1 Å². The summed E-state index contributed by atoms with van der Waals surface area (Å²) in [4.78, 5) is 129. The van der Waals surface area contributed by atoms with Gasteiger partial charge in [0.25, 0.3) is 0 Å². The highest BCUT2D eigenvalue weighted by Gasteiger charge is 2.42. The zero-order valence-corrected chi connectivity index (χ0v) is 60.6. The molecule has 0 spiro atoms. The van der Waals surface area contributed by atoms with Crippen molar-refractivity contribution < 1.29 is 73.1 Å². The first-order valence-corrected chi connectivity index (χ1v) is 35.8. The minimum absolute atomic E-state index is 0.0188. The number of nitrogens with one attached hydrogen (secondary N) is 7. The first-order chi connectivity index (χ1) is 46.8. The Morgan fingerprint density at radius 2 is 1.29 bits per heavy atom. The zero-order chi connectivity index (χ0) is 73.0. The number of aromatic hydroxyl groups is 1. The molecule has 3 aromatic carbocycles. The number of nitrogens with zero attached hydrogens (tertiary/aromatic N) is 1. The van der Waals surface area contributed by atoms with E-state index >= 15 is 0 Å². The van der Waals surface area contributed by atoms with Crippen molar-refractivity contribution >= 4 is 64.2 Å². The van der Waals surface area contributed by atoms with Gasteiger partial charge < -0.3 is 71.7 Å². The maximum Gasteiger partial charge on any atom is 0.326 e. The van der Waals surface area contributed by atoms with Crippen LogP contribution in [0.3, 0.4) is 0 Å². The maximum atomic E-state index is 14.3. The molecule has 11 atom stereocenters. The molecule has 4 aromatic rings.